The maximum absolute atomic E-state index is 12.6. The van der Waals surface area contributed by atoms with E-state index >= 15 is 0 Å². The van der Waals surface area contributed by atoms with E-state index in [4.69, 9.17) is 4.74 Å². The molecular formula is C22H28N4O6S. The van der Waals surface area contributed by atoms with E-state index < -0.39 is 27.6 Å². The average Bonchev–Trinajstić information content (AvgIpc) is 2.67. The fraction of sp³-hybridized carbons (Fsp3) is 0.318. The van der Waals surface area contributed by atoms with Crippen LogP contribution < -0.4 is 20.7 Å². The van der Waals surface area contributed by atoms with Crippen LogP contribution in [0.1, 0.15) is 37.6 Å². The lowest BCUT2D eigenvalue weighted by atomic mass is 10.2. The second-order valence-electron chi connectivity index (χ2n) is 8.18. The molecule has 0 atom stereocenters. The second-order valence-corrected chi connectivity index (χ2v) is 9.93. The number of para-hydroxylation sites is 2. The van der Waals surface area contributed by atoms with Crippen molar-refractivity contribution >= 4 is 45.0 Å². The summed E-state index contributed by atoms with van der Waals surface area (Å²) in [6.45, 7) is 5.31. The van der Waals surface area contributed by atoms with Crippen LogP contribution in [0.4, 0.5) is 21.9 Å². The van der Waals surface area contributed by atoms with Crippen LogP contribution >= 0.6 is 0 Å². The summed E-state index contributed by atoms with van der Waals surface area (Å²) in [7, 11) is -3.42. The maximum Gasteiger partial charge on any atom is 0.407 e. The first-order valence-corrected chi connectivity index (χ1v) is 12.0. The minimum Gasteiger partial charge on any atom is -0.444 e. The Morgan fingerprint density at radius 1 is 0.909 bits per heavy atom. The summed E-state index contributed by atoms with van der Waals surface area (Å²) >= 11 is 0. The van der Waals surface area contributed by atoms with Gasteiger partial charge in [0.15, 0.2) is 0 Å². The number of rotatable bonds is 8. The highest BCUT2D eigenvalue weighted by molar-refractivity contribution is 7.92. The van der Waals surface area contributed by atoms with E-state index in [0.29, 0.717) is 22.6 Å². The molecule has 3 amide bonds. The number of hydrogen-bond donors (Lipinski definition) is 4. The average molecular weight is 477 g/mol. The Labute approximate surface area is 193 Å². The van der Waals surface area contributed by atoms with E-state index in [2.05, 4.69) is 20.7 Å². The molecule has 0 saturated carbocycles. The molecular weight excluding hydrogens is 448 g/mol. The lowest BCUT2D eigenvalue weighted by Gasteiger charge is -2.19. The van der Waals surface area contributed by atoms with Gasteiger partial charge in [0.2, 0.25) is 15.9 Å². The zero-order valence-electron chi connectivity index (χ0n) is 18.9. The molecule has 0 aliphatic rings. The zero-order chi connectivity index (χ0) is 24.6. The number of anilines is 3. The summed E-state index contributed by atoms with van der Waals surface area (Å²) in [6, 6.07) is 12.6. The SMILES string of the molecule is CC(C)(C)OC(=O)NCCC(=O)Nc1ccccc1NC(=O)c1ccc(NS(C)(=O)=O)cc1. The summed E-state index contributed by atoms with van der Waals surface area (Å²) < 4.78 is 30.0. The van der Waals surface area contributed by atoms with Gasteiger partial charge >= 0.3 is 6.09 Å². The maximum atomic E-state index is 12.6. The van der Waals surface area contributed by atoms with Crippen LogP contribution in [0, 0.1) is 0 Å². The fourth-order valence-electron chi connectivity index (χ4n) is 2.60. The molecule has 33 heavy (non-hydrogen) atoms. The highest BCUT2D eigenvalue weighted by Crippen LogP contribution is 2.22. The van der Waals surface area contributed by atoms with Gasteiger partial charge in [-0.1, -0.05) is 12.1 Å². The van der Waals surface area contributed by atoms with Gasteiger partial charge < -0.3 is 20.7 Å². The van der Waals surface area contributed by atoms with Gasteiger partial charge in [0.1, 0.15) is 5.60 Å². The number of carbonyl (C=O) groups excluding carboxylic acids is 3. The number of sulfonamides is 1. The predicted molar refractivity (Wildman–Crippen MR) is 127 cm³/mol. The number of alkyl carbamates (subject to hydrolysis) is 1. The molecule has 2 aromatic rings. The summed E-state index contributed by atoms with van der Waals surface area (Å²) in [6.07, 6.45) is 0.434. The highest BCUT2D eigenvalue weighted by Gasteiger charge is 2.16. The molecule has 0 unspecified atom stereocenters. The highest BCUT2D eigenvalue weighted by atomic mass is 32.2. The van der Waals surface area contributed by atoms with Crippen LogP contribution in [0.5, 0.6) is 0 Å². The monoisotopic (exact) mass is 476 g/mol. The van der Waals surface area contributed by atoms with Crippen molar-refractivity contribution in [3.05, 3.63) is 54.1 Å². The Hall–Kier alpha value is -3.60. The summed E-state index contributed by atoms with van der Waals surface area (Å²) in [5.41, 5.74) is 0.782. The van der Waals surface area contributed by atoms with Crippen LogP contribution in [-0.4, -0.2) is 44.7 Å². The zero-order valence-corrected chi connectivity index (χ0v) is 19.7. The largest absolute Gasteiger partial charge is 0.444 e. The Kier molecular flexibility index (Phi) is 8.41. The molecule has 0 aromatic heterocycles. The number of benzene rings is 2. The Morgan fingerprint density at radius 3 is 2.03 bits per heavy atom. The van der Waals surface area contributed by atoms with E-state index in [1.165, 1.54) is 24.3 Å². The quantitative estimate of drug-likeness (QED) is 0.461. The molecule has 2 aromatic carbocycles. The number of carbonyl (C=O) groups is 3. The van der Waals surface area contributed by atoms with Crippen molar-refractivity contribution in [2.75, 3.05) is 28.2 Å². The smallest absolute Gasteiger partial charge is 0.407 e. The van der Waals surface area contributed by atoms with Crippen LogP contribution in [0.3, 0.4) is 0 Å². The molecule has 10 nitrogen and oxygen atoms in total. The van der Waals surface area contributed by atoms with Crippen molar-refractivity contribution in [3.63, 3.8) is 0 Å². The Balaban J connectivity index is 1.95. The van der Waals surface area contributed by atoms with Crippen molar-refractivity contribution in [1.82, 2.24) is 5.32 Å². The van der Waals surface area contributed by atoms with Crippen molar-refractivity contribution in [2.24, 2.45) is 0 Å². The molecule has 0 fully saturated rings. The fourth-order valence-corrected chi connectivity index (χ4v) is 3.17. The minimum absolute atomic E-state index is 0.0102. The number of ether oxygens (including phenoxy) is 1. The molecule has 0 aliphatic carbocycles. The van der Waals surface area contributed by atoms with E-state index in [-0.39, 0.29) is 18.9 Å². The van der Waals surface area contributed by atoms with E-state index in [1.54, 1.807) is 45.0 Å². The third kappa shape index (κ3) is 9.60. The molecule has 0 spiro atoms. The van der Waals surface area contributed by atoms with Crippen molar-refractivity contribution < 1.29 is 27.5 Å². The van der Waals surface area contributed by atoms with Crippen molar-refractivity contribution in [2.45, 2.75) is 32.8 Å². The van der Waals surface area contributed by atoms with E-state index in [9.17, 15) is 22.8 Å². The molecule has 11 heteroatoms. The summed E-state index contributed by atoms with van der Waals surface area (Å²) in [5, 5.41) is 7.93. The minimum atomic E-state index is -3.42. The summed E-state index contributed by atoms with van der Waals surface area (Å²) in [4.78, 5) is 36.5. The predicted octanol–water partition coefficient (Wildman–Crippen LogP) is 3.16. The molecule has 0 radical (unpaired) electrons. The first-order chi connectivity index (χ1) is 15.3. The molecule has 2 rings (SSSR count). The van der Waals surface area contributed by atoms with Gasteiger partial charge in [0.05, 0.1) is 17.6 Å². The first-order valence-electron chi connectivity index (χ1n) is 10.1. The Morgan fingerprint density at radius 2 is 1.48 bits per heavy atom. The van der Waals surface area contributed by atoms with E-state index in [1.807, 2.05) is 0 Å². The van der Waals surface area contributed by atoms with Gasteiger partial charge in [-0.3, -0.25) is 14.3 Å². The number of amides is 3. The summed E-state index contributed by atoms with van der Waals surface area (Å²) in [5.74, 6) is -0.793. The van der Waals surface area contributed by atoms with Gasteiger partial charge in [-0.05, 0) is 57.2 Å². The lowest BCUT2D eigenvalue weighted by Crippen LogP contribution is -2.34. The third-order valence-corrected chi connectivity index (χ3v) is 4.53. The van der Waals surface area contributed by atoms with Gasteiger partial charge in [-0.15, -0.1) is 0 Å². The molecule has 4 N–H and O–H groups in total. The van der Waals surface area contributed by atoms with Gasteiger partial charge in [-0.2, -0.15) is 0 Å². The van der Waals surface area contributed by atoms with Gasteiger partial charge in [0, 0.05) is 24.2 Å². The topological polar surface area (TPSA) is 143 Å². The van der Waals surface area contributed by atoms with Gasteiger partial charge in [-0.25, -0.2) is 13.2 Å². The van der Waals surface area contributed by atoms with Crippen molar-refractivity contribution in [1.29, 1.82) is 0 Å². The third-order valence-electron chi connectivity index (χ3n) is 3.92. The van der Waals surface area contributed by atoms with Crippen LogP contribution in [0.2, 0.25) is 0 Å². The van der Waals surface area contributed by atoms with Gasteiger partial charge in [0.25, 0.3) is 5.91 Å². The standard InChI is InChI=1S/C22H28N4O6S/c1-22(2,3)32-21(29)23-14-13-19(27)24-17-7-5-6-8-18(17)25-20(28)15-9-11-16(12-10-15)26-33(4,30)31/h5-12,26H,13-14H2,1-4H3,(H,23,29)(H,24,27)(H,25,28). The van der Waals surface area contributed by atoms with Crippen molar-refractivity contribution in [3.8, 4) is 0 Å². The van der Waals surface area contributed by atoms with E-state index in [0.717, 1.165) is 6.26 Å². The first kappa shape index (κ1) is 25.7. The number of nitrogens with one attached hydrogen (secondary N) is 4. The normalized spacial score (nSPS) is 11.3. The molecule has 0 aliphatic heterocycles. The van der Waals surface area contributed by atoms with Crippen LogP contribution in [0.15, 0.2) is 48.5 Å². The van der Waals surface area contributed by atoms with Crippen LogP contribution in [-0.2, 0) is 19.6 Å². The lowest BCUT2D eigenvalue weighted by molar-refractivity contribution is -0.116. The second kappa shape index (κ2) is 10.8. The molecule has 178 valence electrons. The molecule has 0 bridgehead atoms. The number of hydrogen-bond acceptors (Lipinski definition) is 6. The Bertz CT molecular complexity index is 1110. The molecule has 0 saturated heterocycles. The molecule has 0 heterocycles. The van der Waals surface area contributed by atoms with Crippen LogP contribution in [0.25, 0.3) is 0 Å².